The number of Topliss-reactive ketones (excluding diaryl/α,β-unsaturated/α-hetero) is 1. The summed E-state index contributed by atoms with van der Waals surface area (Å²) in [7, 11) is 0. The summed E-state index contributed by atoms with van der Waals surface area (Å²) >= 11 is 0. The number of nitrogens with zero attached hydrogens (tertiary/aromatic N) is 3. The number of hydrogen-bond acceptors (Lipinski definition) is 4. The van der Waals surface area contributed by atoms with Crippen molar-refractivity contribution >= 4 is 17.5 Å². The summed E-state index contributed by atoms with van der Waals surface area (Å²) in [6, 6.07) is 9.18. The van der Waals surface area contributed by atoms with E-state index in [1.165, 1.54) is 18.0 Å². The van der Waals surface area contributed by atoms with Gasteiger partial charge in [-0.05, 0) is 61.4 Å². The number of ketones is 1. The van der Waals surface area contributed by atoms with E-state index in [4.69, 9.17) is 0 Å². The maximum Gasteiger partial charge on any atom is 0.189 e. The van der Waals surface area contributed by atoms with Gasteiger partial charge in [-0.15, -0.1) is 0 Å². The molecule has 2 aromatic rings. The number of carbonyl (C=O) groups is 1. The standard InChI is InChI=1S/C22H24FN3O/c1-2-25-9-11-26(12-10-25)20-7-8-21-16(14-20)3-4-17(22(21)27)13-19-6-5-18(23)15-24-19/h5-8,13-15H,2-4,9-12H2,1H3/b17-13+. The number of aromatic nitrogens is 1. The highest BCUT2D eigenvalue weighted by Gasteiger charge is 2.24. The third-order valence-corrected chi connectivity index (χ3v) is 5.55. The van der Waals surface area contributed by atoms with Crippen LogP contribution in [0.1, 0.15) is 35.0 Å². The summed E-state index contributed by atoms with van der Waals surface area (Å²) in [5, 5.41) is 0. The molecular formula is C22H24FN3O. The van der Waals surface area contributed by atoms with E-state index >= 15 is 0 Å². The average molecular weight is 365 g/mol. The first-order valence-electron chi connectivity index (χ1n) is 9.61. The van der Waals surface area contributed by atoms with Crippen LogP contribution in [0.15, 0.2) is 42.1 Å². The van der Waals surface area contributed by atoms with Gasteiger partial charge in [-0.3, -0.25) is 9.78 Å². The molecule has 4 rings (SSSR count). The first-order valence-corrected chi connectivity index (χ1v) is 9.61. The Labute approximate surface area is 159 Å². The molecule has 4 nitrogen and oxygen atoms in total. The van der Waals surface area contributed by atoms with Crippen LogP contribution in [-0.2, 0) is 6.42 Å². The van der Waals surface area contributed by atoms with E-state index in [2.05, 4.69) is 33.8 Å². The van der Waals surface area contributed by atoms with E-state index in [1.54, 1.807) is 12.1 Å². The van der Waals surface area contributed by atoms with Gasteiger partial charge in [0.25, 0.3) is 0 Å². The highest BCUT2D eigenvalue weighted by atomic mass is 19.1. The molecule has 1 aromatic heterocycles. The van der Waals surface area contributed by atoms with E-state index in [1.807, 2.05) is 6.07 Å². The molecule has 1 fully saturated rings. The predicted molar refractivity (Wildman–Crippen MR) is 106 cm³/mol. The van der Waals surface area contributed by atoms with Gasteiger partial charge in [0.1, 0.15) is 5.82 Å². The fourth-order valence-corrected chi connectivity index (χ4v) is 3.87. The molecule has 1 aliphatic carbocycles. The van der Waals surface area contributed by atoms with Crippen LogP contribution in [0.25, 0.3) is 6.08 Å². The van der Waals surface area contributed by atoms with Crippen molar-refractivity contribution < 1.29 is 9.18 Å². The minimum Gasteiger partial charge on any atom is -0.369 e. The Morgan fingerprint density at radius 2 is 1.93 bits per heavy atom. The van der Waals surface area contributed by atoms with Crippen molar-refractivity contribution in [3.8, 4) is 0 Å². The van der Waals surface area contributed by atoms with Crippen LogP contribution >= 0.6 is 0 Å². The van der Waals surface area contributed by atoms with Gasteiger partial charge in [0.2, 0.25) is 0 Å². The highest BCUT2D eigenvalue weighted by Crippen LogP contribution is 2.30. The van der Waals surface area contributed by atoms with Crippen molar-refractivity contribution in [2.45, 2.75) is 19.8 Å². The monoisotopic (exact) mass is 365 g/mol. The number of aryl methyl sites for hydroxylation is 1. The van der Waals surface area contributed by atoms with E-state index < -0.39 is 0 Å². The maximum atomic E-state index is 13.0. The molecule has 0 N–H and O–H groups in total. The number of fused-ring (bicyclic) bond motifs is 1. The van der Waals surface area contributed by atoms with Crippen molar-refractivity contribution in [3.05, 3.63) is 64.7 Å². The lowest BCUT2D eigenvalue weighted by atomic mass is 9.86. The summed E-state index contributed by atoms with van der Waals surface area (Å²) in [5.41, 5.74) is 4.48. The molecule has 140 valence electrons. The zero-order valence-electron chi connectivity index (χ0n) is 15.6. The lowest BCUT2D eigenvalue weighted by molar-refractivity contribution is 0.102. The number of hydrogen-bond donors (Lipinski definition) is 0. The number of likely N-dealkylation sites (N-methyl/N-ethyl adjacent to an activating group) is 1. The second-order valence-electron chi connectivity index (χ2n) is 7.16. The maximum absolute atomic E-state index is 13.0. The fraction of sp³-hybridized carbons (Fsp3) is 0.364. The van der Waals surface area contributed by atoms with E-state index in [0.717, 1.165) is 55.8 Å². The largest absolute Gasteiger partial charge is 0.369 e. The third kappa shape index (κ3) is 3.78. The SMILES string of the molecule is CCN1CCN(c2ccc3c(c2)CC/C(=C\c2ccc(F)cn2)C3=O)CC1. The fourth-order valence-electron chi connectivity index (χ4n) is 3.87. The Bertz CT molecular complexity index is 868. The molecule has 5 heteroatoms. The lowest BCUT2D eigenvalue weighted by Crippen LogP contribution is -2.46. The molecule has 0 amide bonds. The summed E-state index contributed by atoms with van der Waals surface area (Å²) in [5.74, 6) is -0.311. The van der Waals surface area contributed by atoms with Gasteiger partial charge in [0.05, 0.1) is 11.9 Å². The van der Waals surface area contributed by atoms with Crippen molar-refractivity contribution in [2.24, 2.45) is 0 Å². The van der Waals surface area contributed by atoms with Crippen LogP contribution in [0.2, 0.25) is 0 Å². The molecule has 1 saturated heterocycles. The Hall–Kier alpha value is -2.53. The zero-order valence-corrected chi connectivity index (χ0v) is 15.6. The number of allylic oxidation sites excluding steroid dienone is 1. The van der Waals surface area contributed by atoms with Crippen LogP contribution in [-0.4, -0.2) is 48.4 Å². The van der Waals surface area contributed by atoms with Gasteiger partial charge in [0, 0.05) is 43.0 Å². The third-order valence-electron chi connectivity index (χ3n) is 5.55. The van der Waals surface area contributed by atoms with E-state index in [0.29, 0.717) is 12.1 Å². The van der Waals surface area contributed by atoms with E-state index in [-0.39, 0.29) is 11.6 Å². The quantitative estimate of drug-likeness (QED) is 0.779. The molecule has 0 radical (unpaired) electrons. The van der Waals surface area contributed by atoms with Gasteiger partial charge >= 0.3 is 0 Å². The van der Waals surface area contributed by atoms with Crippen LogP contribution in [0.4, 0.5) is 10.1 Å². The summed E-state index contributed by atoms with van der Waals surface area (Å²) in [4.78, 5) is 21.8. The Balaban J connectivity index is 1.53. The van der Waals surface area contributed by atoms with Gasteiger partial charge in [-0.25, -0.2) is 4.39 Å². The average Bonchev–Trinajstić information content (AvgIpc) is 2.71. The van der Waals surface area contributed by atoms with Crippen molar-refractivity contribution in [2.75, 3.05) is 37.6 Å². The van der Waals surface area contributed by atoms with Crippen molar-refractivity contribution in [3.63, 3.8) is 0 Å². The Morgan fingerprint density at radius 3 is 2.63 bits per heavy atom. The second-order valence-corrected chi connectivity index (χ2v) is 7.16. The minimum atomic E-state index is -0.371. The topological polar surface area (TPSA) is 36.4 Å². The number of benzene rings is 1. The predicted octanol–water partition coefficient (Wildman–Crippen LogP) is 3.58. The molecule has 27 heavy (non-hydrogen) atoms. The molecule has 0 spiro atoms. The molecule has 2 aliphatic rings. The number of pyridine rings is 1. The molecule has 0 unspecified atom stereocenters. The molecule has 0 bridgehead atoms. The van der Waals surface area contributed by atoms with Crippen LogP contribution in [0.3, 0.4) is 0 Å². The first-order chi connectivity index (χ1) is 13.1. The molecule has 1 aromatic carbocycles. The van der Waals surface area contributed by atoms with Gasteiger partial charge in [0.15, 0.2) is 5.78 Å². The van der Waals surface area contributed by atoms with Crippen LogP contribution < -0.4 is 4.90 Å². The van der Waals surface area contributed by atoms with Gasteiger partial charge < -0.3 is 9.80 Å². The summed E-state index contributed by atoms with van der Waals surface area (Å²) in [6.45, 7) is 7.54. The van der Waals surface area contributed by atoms with Gasteiger partial charge in [-0.2, -0.15) is 0 Å². The lowest BCUT2D eigenvalue weighted by Gasteiger charge is -2.36. The van der Waals surface area contributed by atoms with Crippen molar-refractivity contribution in [1.82, 2.24) is 9.88 Å². The molecular weight excluding hydrogens is 341 g/mol. The van der Waals surface area contributed by atoms with Gasteiger partial charge in [-0.1, -0.05) is 6.92 Å². The second kappa shape index (κ2) is 7.61. The number of piperazine rings is 1. The Kier molecular flexibility index (Phi) is 5.03. The van der Waals surface area contributed by atoms with Crippen molar-refractivity contribution in [1.29, 1.82) is 0 Å². The smallest absolute Gasteiger partial charge is 0.189 e. The van der Waals surface area contributed by atoms with E-state index in [9.17, 15) is 9.18 Å². The molecule has 1 aliphatic heterocycles. The summed E-state index contributed by atoms with van der Waals surface area (Å²) < 4.78 is 13.0. The molecule has 2 heterocycles. The number of halogens is 1. The number of anilines is 1. The molecule has 0 atom stereocenters. The Morgan fingerprint density at radius 1 is 1.11 bits per heavy atom. The normalized spacial score (nSPS) is 19.4. The van der Waals surface area contributed by atoms with Crippen LogP contribution in [0.5, 0.6) is 0 Å². The minimum absolute atomic E-state index is 0.0599. The van der Waals surface area contributed by atoms with Crippen LogP contribution in [0, 0.1) is 5.82 Å². The number of carbonyl (C=O) groups excluding carboxylic acids is 1. The highest BCUT2D eigenvalue weighted by molar-refractivity contribution is 6.13. The summed E-state index contributed by atoms with van der Waals surface area (Å²) in [6.07, 6.45) is 4.50. The molecule has 0 saturated carbocycles. The number of rotatable bonds is 3. The zero-order chi connectivity index (χ0) is 18.8. The first kappa shape index (κ1) is 17.9.